The topological polar surface area (TPSA) is 87.7 Å². The zero-order chi connectivity index (χ0) is 22.7. The van der Waals surface area contributed by atoms with Crippen LogP contribution in [0.1, 0.15) is 49.3 Å². The molecule has 0 unspecified atom stereocenters. The van der Waals surface area contributed by atoms with Crippen LogP contribution in [-0.2, 0) is 22.6 Å². The Hall–Kier alpha value is -3.23. The lowest BCUT2D eigenvalue weighted by molar-refractivity contribution is -0.137. The highest BCUT2D eigenvalue weighted by molar-refractivity contribution is 5.78. The van der Waals surface area contributed by atoms with Crippen molar-refractivity contribution in [2.75, 3.05) is 32.1 Å². The van der Waals surface area contributed by atoms with Crippen LogP contribution in [0.4, 0.5) is 10.2 Å². The van der Waals surface area contributed by atoms with Crippen LogP contribution in [0.15, 0.2) is 24.3 Å². The molecular formula is C23H28FN5O3. The third-order valence-electron chi connectivity index (χ3n) is 6.06. The molecule has 1 aromatic carbocycles. The SMILES string of the molecule is CNc1nc([C@@H]2CCCCN2C(=O)COc2ccc(F)cc2)nc2c1CCN(C(C)=O)C2. The minimum atomic E-state index is -0.354. The lowest BCUT2D eigenvalue weighted by atomic mass is 9.99. The van der Waals surface area contributed by atoms with Gasteiger partial charge in [0.05, 0.1) is 18.3 Å². The summed E-state index contributed by atoms with van der Waals surface area (Å²) in [6.45, 7) is 3.13. The summed E-state index contributed by atoms with van der Waals surface area (Å²) in [5, 5.41) is 3.16. The Morgan fingerprint density at radius 1 is 1.19 bits per heavy atom. The van der Waals surface area contributed by atoms with E-state index in [2.05, 4.69) is 5.32 Å². The van der Waals surface area contributed by atoms with E-state index in [0.29, 0.717) is 37.6 Å². The third-order valence-corrected chi connectivity index (χ3v) is 6.06. The van der Waals surface area contributed by atoms with Gasteiger partial charge in [0, 0.05) is 32.6 Å². The van der Waals surface area contributed by atoms with Crippen LogP contribution >= 0.6 is 0 Å². The van der Waals surface area contributed by atoms with E-state index in [1.807, 2.05) is 7.05 Å². The average Bonchev–Trinajstić information content (AvgIpc) is 2.82. The van der Waals surface area contributed by atoms with E-state index in [1.54, 1.807) is 16.7 Å². The van der Waals surface area contributed by atoms with Gasteiger partial charge in [-0.3, -0.25) is 9.59 Å². The van der Waals surface area contributed by atoms with E-state index in [9.17, 15) is 14.0 Å². The summed E-state index contributed by atoms with van der Waals surface area (Å²) in [6.07, 6.45) is 3.34. The monoisotopic (exact) mass is 441 g/mol. The second kappa shape index (κ2) is 9.50. The lowest BCUT2D eigenvalue weighted by Crippen LogP contribution is -2.42. The number of carbonyl (C=O) groups excluding carboxylic acids is 2. The number of nitrogens with one attached hydrogen (secondary N) is 1. The Morgan fingerprint density at radius 2 is 1.97 bits per heavy atom. The number of piperidine rings is 1. The van der Waals surface area contributed by atoms with Gasteiger partial charge >= 0.3 is 0 Å². The molecule has 4 rings (SSSR count). The summed E-state index contributed by atoms with van der Waals surface area (Å²) in [4.78, 5) is 38.0. The first-order valence-corrected chi connectivity index (χ1v) is 11.0. The van der Waals surface area contributed by atoms with E-state index in [4.69, 9.17) is 14.7 Å². The van der Waals surface area contributed by atoms with E-state index in [-0.39, 0.29) is 30.3 Å². The Morgan fingerprint density at radius 3 is 2.69 bits per heavy atom. The number of halogens is 1. The smallest absolute Gasteiger partial charge is 0.261 e. The van der Waals surface area contributed by atoms with Crippen LogP contribution in [0, 0.1) is 5.82 Å². The second-order valence-electron chi connectivity index (χ2n) is 8.14. The molecule has 1 fully saturated rings. The van der Waals surface area contributed by atoms with Gasteiger partial charge in [0.1, 0.15) is 17.4 Å². The summed E-state index contributed by atoms with van der Waals surface area (Å²) in [6, 6.07) is 5.35. The molecule has 170 valence electrons. The normalized spacial score (nSPS) is 18.2. The minimum Gasteiger partial charge on any atom is -0.484 e. The fraction of sp³-hybridized carbons (Fsp3) is 0.478. The fourth-order valence-corrected chi connectivity index (χ4v) is 4.33. The van der Waals surface area contributed by atoms with Crippen LogP contribution in [0.5, 0.6) is 5.75 Å². The highest BCUT2D eigenvalue weighted by Crippen LogP contribution is 2.32. The molecule has 1 aromatic heterocycles. The predicted molar refractivity (Wildman–Crippen MR) is 117 cm³/mol. The number of rotatable bonds is 5. The highest BCUT2D eigenvalue weighted by atomic mass is 19.1. The second-order valence-corrected chi connectivity index (χ2v) is 8.14. The summed E-state index contributed by atoms with van der Waals surface area (Å²) in [5.41, 5.74) is 1.86. The summed E-state index contributed by atoms with van der Waals surface area (Å²) < 4.78 is 18.7. The van der Waals surface area contributed by atoms with E-state index >= 15 is 0 Å². The molecule has 2 amide bonds. The molecule has 2 aromatic rings. The van der Waals surface area contributed by atoms with Gasteiger partial charge in [-0.15, -0.1) is 0 Å². The maximum absolute atomic E-state index is 13.1. The fourth-order valence-electron chi connectivity index (χ4n) is 4.33. The largest absolute Gasteiger partial charge is 0.484 e. The number of ether oxygens (including phenoxy) is 1. The molecule has 1 atom stereocenters. The molecule has 2 aliphatic heterocycles. The van der Waals surface area contributed by atoms with Crippen molar-refractivity contribution in [1.82, 2.24) is 19.8 Å². The molecule has 2 aliphatic rings. The van der Waals surface area contributed by atoms with Crippen LogP contribution in [0.2, 0.25) is 0 Å². The van der Waals surface area contributed by atoms with Gasteiger partial charge in [0.25, 0.3) is 5.91 Å². The first kappa shape index (κ1) is 22.0. The van der Waals surface area contributed by atoms with Crippen LogP contribution < -0.4 is 10.1 Å². The maximum Gasteiger partial charge on any atom is 0.261 e. The number of likely N-dealkylation sites (tertiary alicyclic amines) is 1. The maximum atomic E-state index is 13.1. The number of hydrogen-bond donors (Lipinski definition) is 1. The van der Waals surface area contributed by atoms with E-state index in [1.165, 1.54) is 24.3 Å². The first-order valence-electron chi connectivity index (χ1n) is 11.0. The Balaban J connectivity index is 1.55. The molecule has 3 heterocycles. The molecular weight excluding hydrogens is 413 g/mol. The van der Waals surface area contributed by atoms with Crippen molar-refractivity contribution in [3.05, 3.63) is 47.2 Å². The number of amides is 2. The van der Waals surface area contributed by atoms with Crippen molar-refractivity contribution < 1.29 is 18.7 Å². The van der Waals surface area contributed by atoms with Crippen molar-refractivity contribution in [2.45, 2.75) is 45.2 Å². The molecule has 0 saturated carbocycles. The molecule has 8 nitrogen and oxygen atoms in total. The van der Waals surface area contributed by atoms with Gasteiger partial charge in [-0.05, 0) is 49.9 Å². The van der Waals surface area contributed by atoms with Crippen molar-refractivity contribution in [1.29, 1.82) is 0 Å². The summed E-state index contributed by atoms with van der Waals surface area (Å²) >= 11 is 0. The number of nitrogens with zero attached hydrogens (tertiary/aromatic N) is 4. The third kappa shape index (κ3) is 4.66. The molecule has 1 saturated heterocycles. The summed E-state index contributed by atoms with van der Waals surface area (Å²) in [5.74, 6) is 1.31. The van der Waals surface area contributed by atoms with Gasteiger partial charge in [-0.2, -0.15) is 0 Å². The Bertz CT molecular complexity index is 998. The summed E-state index contributed by atoms with van der Waals surface area (Å²) in [7, 11) is 1.82. The number of carbonyl (C=O) groups is 2. The highest BCUT2D eigenvalue weighted by Gasteiger charge is 2.32. The number of benzene rings is 1. The van der Waals surface area contributed by atoms with Gasteiger partial charge in [0.2, 0.25) is 5.91 Å². The minimum absolute atomic E-state index is 0.0224. The van der Waals surface area contributed by atoms with Crippen LogP contribution in [0.25, 0.3) is 0 Å². The van der Waals surface area contributed by atoms with Crippen LogP contribution in [-0.4, -0.2) is 58.3 Å². The average molecular weight is 442 g/mol. The van der Waals surface area contributed by atoms with Crippen molar-refractivity contribution in [3.63, 3.8) is 0 Å². The zero-order valence-corrected chi connectivity index (χ0v) is 18.4. The quantitative estimate of drug-likeness (QED) is 0.768. The van der Waals surface area contributed by atoms with Gasteiger partial charge in [-0.25, -0.2) is 14.4 Å². The molecule has 32 heavy (non-hydrogen) atoms. The Kier molecular flexibility index (Phi) is 6.53. The van der Waals surface area contributed by atoms with Gasteiger partial charge in [0.15, 0.2) is 12.4 Å². The standard InChI is InChI=1S/C23H28FN5O3/c1-15(30)28-12-10-18-19(13-28)26-23(27-22(18)25-2)20-5-3-4-11-29(20)21(31)14-32-17-8-6-16(24)7-9-17/h6-9,20H,3-5,10-14H2,1-2H3,(H,25,26,27)/t20-/m0/s1. The van der Waals surface area contributed by atoms with E-state index in [0.717, 1.165) is 36.3 Å². The van der Waals surface area contributed by atoms with E-state index < -0.39 is 0 Å². The van der Waals surface area contributed by atoms with Gasteiger partial charge < -0.3 is 19.9 Å². The molecule has 0 spiro atoms. The lowest BCUT2D eigenvalue weighted by Gasteiger charge is -2.36. The van der Waals surface area contributed by atoms with Crippen molar-refractivity contribution >= 4 is 17.6 Å². The zero-order valence-electron chi connectivity index (χ0n) is 18.4. The number of hydrogen-bond acceptors (Lipinski definition) is 6. The predicted octanol–water partition coefficient (Wildman–Crippen LogP) is 2.69. The molecule has 1 N–H and O–H groups in total. The molecule has 0 radical (unpaired) electrons. The number of anilines is 1. The molecule has 9 heteroatoms. The van der Waals surface area contributed by atoms with Crippen LogP contribution in [0.3, 0.4) is 0 Å². The Labute approximate surface area is 186 Å². The molecule has 0 bridgehead atoms. The van der Waals surface area contributed by atoms with Crippen molar-refractivity contribution in [3.8, 4) is 5.75 Å². The number of aromatic nitrogens is 2. The first-order chi connectivity index (χ1) is 15.5. The van der Waals surface area contributed by atoms with Gasteiger partial charge in [-0.1, -0.05) is 0 Å². The number of fused-ring (bicyclic) bond motifs is 1. The molecule has 0 aliphatic carbocycles. The van der Waals surface area contributed by atoms with Crippen molar-refractivity contribution in [2.24, 2.45) is 0 Å².